The minimum atomic E-state index is -0.463. The molecule has 0 spiro atoms. The first-order valence-electron chi connectivity index (χ1n) is 9.34. The van der Waals surface area contributed by atoms with E-state index in [1.165, 1.54) is 6.08 Å². The number of aromatic nitrogens is 2. The lowest BCUT2D eigenvalue weighted by Crippen LogP contribution is -2.27. The molecule has 1 aromatic heterocycles. The predicted molar refractivity (Wildman–Crippen MR) is 119 cm³/mol. The second-order valence-corrected chi connectivity index (χ2v) is 7.64. The molecule has 2 aromatic carbocycles. The van der Waals surface area contributed by atoms with E-state index in [1.807, 2.05) is 55.5 Å². The second kappa shape index (κ2) is 9.62. The van der Waals surface area contributed by atoms with Gasteiger partial charge in [-0.05, 0) is 43.2 Å². The Labute approximate surface area is 185 Å². The quantitative estimate of drug-likeness (QED) is 0.417. The molecule has 7 heteroatoms. The first kappa shape index (κ1) is 21.6. The van der Waals surface area contributed by atoms with E-state index in [1.54, 1.807) is 23.7 Å². The van der Waals surface area contributed by atoms with Crippen molar-refractivity contribution in [1.29, 1.82) is 5.26 Å². The molecule has 1 atom stereocenters. The smallest absolute Gasteiger partial charge is 0.262 e. The van der Waals surface area contributed by atoms with Crippen molar-refractivity contribution in [2.24, 2.45) is 0 Å². The number of halogens is 2. The molecule has 1 amide bonds. The molecule has 0 aliphatic heterocycles. The number of rotatable bonds is 6. The number of hydrogen-bond donors (Lipinski definition) is 1. The lowest BCUT2D eigenvalue weighted by atomic mass is 10.1. The van der Waals surface area contributed by atoms with Gasteiger partial charge in [-0.2, -0.15) is 10.4 Å². The standard InChI is InChI=1S/C23H20Cl2N4O/c1-15(18-6-4-3-5-7-18)27-23(30)19(13-26)12-21-16(2)28-29(22(21)25)14-17-8-10-20(24)11-9-17/h3-12,15H,14H2,1-2H3,(H,27,30)/b19-12+. The van der Waals surface area contributed by atoms with Crippen molar-refractivity contribution in [2.75, 3.05) is 0 Å². The highest BCUT2D eigenvalue weighted by molar-refractivity contribution is 6.31. The van der Waals surface area contributed by atoms with Gasteiger partial charge < -0.3 is 5.32 Å². The molecule has 1 heterocycles. The molecule has 0 bridgehead atoms. The minimum Gasteiger partial charge on any atom is -0.345 e. The summed E-state index contributed by atoms with van der Waals surface area (Å²) in [5.41, 5.74) is 3.08. The van der Waals surface area contributed by atoms with Crippen LogP contribution < -0.4 is 5.32 Å². The van der Waals surface area contributed by atoms with Crippen molar-refractivity contribution in [3.05, 3.63) is 92.7 Å². The first-order chi connectivity index (χ1) is 14.4. The fraction of sp³-hybridized carbons (Fsp3) is 0.174. The zero-order chi connectivity index (χ0) is 21.7. The molecule has 30 heavy (non-hydrogen) atoms. The van der Waals surface area contributed by atoms with Crippen LogP contribution in [0.1, 0.15) is 35.3 Å². The Morgan fingerprint density at radius 3 is 2.50 bits per heavy atom. The van der Waals surface area contributed by atoms with Gasteiger partial charge in [0.25, 0.3) is 5.91 Å². The van der Waals surface area contributed by atoms with E-state index in [0.29, 0.717) is 28.0 Å². The highest BCUT2D eigenvalue weighted by Gasteiger charge is 2.17. The molecule has 0 fully saturated rings. The predicted octanol–water partition coefficient (Wildman–Crippen LogP) is 5.33. The second-order valence-electron chi connectivity index (χ2n) is 6.85. The van der Waals surface area contributed by atoms with Gasteiger partial charge in [-0.15, -0.1) is 0 Å². The van der Waals surface area contributed by atoms with Crippen LogP contribution in [-0.2, 0) is 11.3 Å². The van der Waals surface area contributed by atoms with Crippen LogP contribution in [-0.4, -0.2) is 15.7 Å². The van der Waals surface area contributed by atoms with Crippen molar-refractivity contribution in [2.45, 2.75) is 26.4 Å². The summed E-state index contributed by atoms with van der Waals surface area (Å²) in [6, 6.07) is 18.7. The van der Waals surface area contributed by atoms with Crippen molar-refractivity contribution < 1.29 is 4.79 Å². The third kappa shape index (κ3) is 5.10. The number of carbonyl (C=O) groups is 1. The van der Waals surface area contributed by atoms with Crippen molar-refractivity contribution in [1.82, 2.24) is 15.1 Å². The Bertz CT molecular complexity index is 1110. The fourth-order valence-corrected chi connectivity index (χ4v) is 3.41. The maximum atomic E-state index is 12.6. The van der Waals surface area contributed by atoms with E-state index in [9.17, 15) is 10.1 Å². The Kier molecular flexibility index (Phi) is 6.94. The Hall–Kier alpha value is -3.07. The number of hydrogen-bond acceptors (Lipinski definition) is 3. The summed E-state index contributed by atoms with van der Waals surface area (Å²) in [4.78, 5) is 12.6. The molecule has 0 saturated heterocycles. The highest BCUT2D eigenvalue weighted by atomic mass is 35.5. The van der Waals surface area contributed by atoms with E-state index in [2.05, 4.69) is 10.4 Å². The number of amides is 1. The number of carbonyl (C=O) groups excluding carboxylic acids is 1. The van der Waals surface area contributed by atoms with Gasteiger partial charge in [0.2, 0.25) is 0 Å². The number of benzene rings is 2. The van der Waals surface area contributed by atoms with E-state index in [0.717, 1.165) is 11.1 Å². The van der Waals surface area contributed by atoms with Gasteiger partial charge in [0.1, 0.15) is 16.8 Å². The summed E-state index contributed by atoms with van der Waals surface area (Å²) in [5.74, 6) is -0.463. The Balaban J connectivity index is 1.81. The molecule has 152 valence electrons. The Morgan fingerprint density at radius 1 is 1.20 bits per heavy atom. The number of aryl methyl sites for hydroxylation is 1. The zero-order valence-corrected chi connectivity index (χ0v) is 18.1. The van der Waals surface area contributed by atoms with Gasteiger partial charge in [0.05, 0.1) is 18.3 Å². The summed E-state index contributed by atoms with van der Waals surface area (Å²) in [6.45, 7) is 4.10. The van der Waals surface area contributed by atoms with Crippen molar-refractivity contribution in [3.8, 4) is 6.07 Å². The van der Waals surface area contributed by atoms with E-state index in [-0.39, 0.29) is 11.6 Å². The fourth-order valence-electron chi connectivity index (χ4n) is 2.99. The summed E-state index contributed by atoms with van der Waals surface area (Å²) >= 11 is 12.4. The summed E-state index contributed by atoms with van der Waals surface area (Å²) in [7, 11) is 0. The van der Waals surface area contributed by atoms with Gasteiger partial charge in [0, 0.05) is 10.6 Å². The molecule has 3 rings (SSSR count). The molecule has 3 aromatic rings. The van der Waals surface area contributed by atoms with Gasteiger partial charge in [-0.25, -0.2) is 4.68 Å². The number of nitrogens with zero attached hydrogens (tertiary/aromatic N) is 3. The zero-order valence-electron chi connectivity index (χ0n) is 16.6. The molecule has 0 saturated carbocycles. The molecular formula is C23H20Cl2N4O. The highest BCUT2D eigenvalue weighted by Crippen LogP contribution is 2.24. The Morgan fingerprint density at radius 2 is 1.87 bits per heavy atom. The normalized spacial score (nSPS) is 12.3. The summed E-state index contributed by atoms with van der Waals surface area (Å²) in [6.07, 6.45) is 1.48. The van der Waals surface area contributed by atoms with Crippen LogP contribution >= 0.6 is 23.2 Å². The van der Waals surface area contributed by atoms with Crippen LogP contribution in [0.4, 0.5) is 0 Å². The molecule has 1 unspecified atom stereocenters. The van der Waals surface area contributed by atoms with Crippen molar-refractivity contribution >= 4 is 35.2 Å². The van der Waals surface area contributed by atoms with Crippen LogP contribution in [0.2, 0.25) is 10.2 Å². The van der Waals surface area contributed by atoms with E-state index in [4.69, 9.17) is 23.2 Å². The van der Waals surface area contributed by atoms with Crippen LogP contribution in [0.25, 0.3) is 6.08 Å². The topological polar surface area (TPSA) is 70.7 Å². The molecular weight excluding hydrogens is 419 g/mol. The van der Waals surface area contributed by atoms with Gasteiger partial charge in [-0.3, -0.25) is 4.79 Å². The molecule has 0 aliphatic rings. The number of nitriles is 1. The lowest BCUT2D eigenvalue weighted by molar-refractivity contribution is -0.117. The molecule has 0 aliphatic carbocycles. The third-order valence-corrected chi connectivity index (χ3v) is 5.31. The maximum absolute atomic E-state index is 12.6. The van der Waals surface area contributed by atoms with Gasteiger partial charge in [0.15, 0.2) is 0 Å². The van der Waals surface area contributed by atoms with Gasteiger partial charge in [-0.1, -0.05) is 65.7 Å². The van der Waals surface area contributed by atoms with Crippen LogP contribution in [0.5, 0.6) is 0 Å². The van der Waals surface area contributed by atoms with E-state index < -0.39 is 5.91 Å². The number of nitrogens with one attached hydrogen (secondary N) is 1. The van der Waals surface area contributed by atoms with Gasteiger partial charge >= 0.3 is 0 Å². The minimum absolute atomic E-state index is 0.0335. The SMILES string of the molecule is Cc1nn(Cc2ccc(Cl)cc2)c(Cl)c1/C=C(\C#N)C(=O)NC(C)c1ccccc1. The van der Waals surface area contributed by atoms with Crippen molar-refractivity contribution in [3.63, 3.8) is 0 Å². The monoisotopic (exact) mass is 438 g/mol. The van der Waals surface area contributed by atoms with E-state index >= 15 is 0 Å². The van der Waals surface area contributed by atoms with Crippen LogP contribution in [0, 0.1) is 18.3 Å². The third-order valence-electron chi connectivity index (χ3n) is 4.66. The average Bonchev–Trinajstić information content (AvgIpc) is 3.01. The largest absolute Gasteiger partial charge is 0.345 e. The molecule has 0 radical (unpaired) electrons. The molecule has 5 nitrogen and oxygen atoms in total. The lowest BCUT2D eigenvalue weighted by Gasteiger charge is -2.13. The maximum Gasteiger partial charge on any atom is 0.262 e. The molecule has 1 N–H and O–H groups in total. The van der Waals surface area contributed by atoms with Crippen LogP contribution in [0.15, 0.2) is 60.2 Å². The summed E-state index contributed by atoms with van der Waals surface area (Å²) < 4.78 is 1.63. The average molecular weight is 439 g/mol. The summed E-state index contributed by atoms with van der Waals surface area (Å²) in [5, 5.41) is 17.8. The first-order valence-corrected chi connectivity index (χ1v) is 10.1. The van der Waals surface area contributed by atoms with Crippen LogP contribution in [0.3, 0.4) is 0 Å².